The first-order valence-corrected chi connectivity index (χ1v) is 7.71. The monoisotopic (exact) mass is 294 g/mol. The van der Waals surface area contributed by atoms with E-state index in [-0.39, 0.29) is 23.9 Å². The summed E-state index contributed by atoms with van der Waals surface area (Å²) in [6.07, 6.45) is 4.81. The van der Waals surface area contributed by atoms with E-state index >= 15 is 0 Å². The molecule has 0 saturated carbocycles. The minimum absolute atomic E-state index is 0.00551. The van der Waals surface area contributed by atoms with Crippen molar-refractivity contribution in [1.29, 1.82) is 0 Å². The summed E-state index contributed by atoms with van der Waals surface area (Å²) in [5, 5.41) is 2.69. The average Bonchev–Trinajstić information content (AvgIpc) is 3.03. The van der Waals surface area contributed by atoms with E-state index in [9.17, 15) is 9.59 Å². The number of rotatable bonds is 4. The van der Waals surface area contributed by atoms with E-state index in [1.54, 1.807) is 0 Å². The lowest BCUT2D eigenvalue weighted by molar-refractivity contribution is -0.138. The molecule has 1 aliphatic carbocycles. The number of carbonyl (C=O) groups excluding carboxylic acids is 2. The van der Waals surface area contributed by atoms with Crippen LogP contribution in [0.15, 0.2) is 12.2 Å². The van der Waals surface area contributed by atoms with Crippen molar-refractivity contribution in [2.45, 2.75) is 52.2 Å². The highest BCUT2D eigenvalue weighted by Gasteiger charge is 2.48. The third-order valence-electron chi connectivity index (χ3n) is 4.54. The van der Waals surface area contributed by atoms with Crippen LogP contribution in [0, 0.1) is 17.8 Å². The van der Waals surface area contributed by atoms with Gasteiger partial charge in [0.15, 0.2) is 0 Å². The van der Waals surface area contributed by atoms with E-state index in [2.05, 4.69) is 36.1 Å². The van der Waals surface area contributed by atoms with Crippen LogP contribution in [0.25, 0.3) is 0 Å². The molecular formula is C16H26N2O3. The Bertz CT molecular complexity index is 445. The molecule has 2 rings (SSSR count). The Balaban J connectivity index is 2.20. The van der Waals surface area contributed by atoms with Crippen LogP contribution in [0.2, 0.25) is 0 Å². The van der Waals surface area contributed by atoms with Gasteiger partial charge in [-0.2, -0.15) is 0 Å². The average molecular weight is 294 g/mol. The largest absolute Gasteiger partial charge is 0.453 e. The van der Waals surface area contributed by atoms with Gasteiger partial charge in [-0.1, -0.05) is 39.8 Å². The predicted molar refractivity (Wildman–Crippen MR) is 80.7 cm³/mol. The van der Waals surface area contributed by atoms with Crippen LogP contribution in [-0.4, -0.2) is 42.1 Å². The Morgan fingerprint density at radius 2 is 1.90 bits per heavy atom. The van der Waals surface area contributed by atoms with Crippen LogP contribution < -0.4 is 5.32 Å². The van der Waals surface area contributed by atoms with Gasteiger partial charge in [0.2, 0.25) is 5.91 Å². The number of likely N-dealkylation sites (tertiary alicyclic amines) is 1. The van der Waals surface area contributed by atoms with Gasteiger partial charge in [0.25, 0.3) is 0 Å². The maximum atomic E-state index is 13.0. The van der Waals surface area contributed by atoms with E-state index in [0.717, 1.165) is 6.42 Å². The second-order valence-electron chi connectivity index (χ2n) is 6.69. The molecule has 0 aromatic heterocycles. The van der Waals surface area contributed by atoms with Gasteiger partial charge in [-0.05, 0) is 24.2 Å². The van der Waals surface area contributed by atoms with Gasteiger partial charge in [-0.15, -0.1) is 0 Å². The normalized spacial score (nSPS) is 28.3. The molecule has 1 heterocycles. The highest BCUT2D eigenvalue weighted by molar-refractivity contribution is 5.87. The van der Waals surface area contributed by atoms with Gasteiger partial charge < -0.3 is 15.0 Å². The Morgan fingerprint density at radius 3 is 2.43 bits per heavy atom. The van der Waals surface area contributed by atoms with E-state index < -0.39 is 12.1 Å². The summed E-state index contributed by atoms with van der Waals surface area (Å²) < 4.78 is 4.65. The minimum Gasteiger partial charge on any atom is -0.453 e. The molecule has 0 unspecified atom stereocenters. The zero-order valence-corrected chi connectivity index (χ0v) is 13.5. The second-order valence-corrected chi connectivity index (χ2v) is 6.69. The van der Waals surface area contributed by atoms with Crippen LogP contribution in [0.4, 0.5) is 4.79 Å². The number of fused-ring (bicyclic) bond motifs is 2. The van der Waals surface area contributed by atoms with Crippen molar-refractivity contribution in [3.8, 4) is 0 Å². The lowest BCUT2D eigenvalue weighted by Crippen LogP contribution is -2.56. The standard InChI is InChI=1S/C16H26N2O3/c1-9(2)13(17-16(20)21-5)15(19)18-12-7-6-11(8-12)14(18)10(3)4/h6-7,9-14H,8H2,1-5H3,(H,17,20)/t11-,12+,13-,14-/m0/s1. The highest BCUT2D eigenvalue weighted by Crippen LogP contribution is 2.41. The fourth-order valence-corrected chi connectivity index (χ4v) is 3.58. The Labute approximate surface area is 126 Å². The number of hydrogen-bond donors (Lipinski definition) is 1. The molecule has 1 N–H and O–H groups in total. The van der Waals surface area contributed by atoms with Gasteiger partial charge in [-0.3, -0.25) is 4.79 Å². The van der Waals surface area contributed by atoms with Crippen molar-refractivity contribution < 1.29 is 14.3 Å². The molecule has 118 valence electrons. The summed E-state index contributed by atoms with van der Waals surface area (Å²) in [6, 6.07) is -0.129. The van der Waals surface area contributed by atoms with Crippen LogP contribution in [0.5, 0.6) is 0 Å². The summed E-state index contributed by atoms with van der Waals surface area (Å²) in [5.41, 5.74) is 0. The van der Waals surface area contributed by atoms with Gasteiger partial charge in [0, 0.05) is 6.04 Å². The minimum atomic E-state index is -0.553. The topological polar surface area (TPSA) is 58.6 Å². The first kappa shape index (κ1) is 15.9. The molecular weight excluding hydrogens is 268 g/mol. The summed E-state index contributed by atoms with van der Waals surface area (Å²) in [7, 11) is 1.31. The van der Waals surface area contributed by atoms with Crippen molar-refractivity contribution in [1.82, 2.24) is 10.2 Å². The van der Waals surface area contributed by atoms with E-state index in [4.69, 9.17) is 0 Å². The SMILES string of the molecule is COC(=O)N[C@H](C(=O)N1[C@@H]2C=C[C@@H](C2)[C@@H]1C(C)C)C(C)C. The van der Waals surface area contributed by atoms with Crippen LogP contribution in [-0.2, 0) is 9.53 Å². The number of amides is 2. The predicted octanol–water partition coefficient (Wildman–Crippen LogP) is 2.18. The van der Waals surface area contributed by atoms with E-state index in [0.29, 0.717) is 11.8 Å². The molecule has 1 fully saturated rings. The van der Waals surface area contributed by atoms with Crippen LogP contribution >= 0.6 is 0 Å². The molecule has 0 spiro atoms. The zero-order valence-electron chi connectivity index (χ0n) is 13.5. The molecule has 2 amide bonds. The fraction of sp³-hybridized carbons (Fsp3) is 0.750. The molecule has 5 heteroatoms. The maximum Gasteiger partial charge on any atom is 0.407 e. The molecule has 1 aliphatic heterocycles. The Hall–Kier alpha value is -1.52. The van der Waals surface area contributed by atoms with Gasteiger partial charge in [-0.25, -0.2) is 4.79 Å². The van der Waals surface area contributed by atoms with E-state index in [1.165, 1.54) is 7.11 Å². The first-order valence-electron chi connectivity index (χ1n) is 7.71. The fourth-order valence-electron chi connectivity index (χ4n) is 3.58. The van der Waals surface area contributed by atoms with Crippen LogP contribution in [0.1, 0.15) is 34.1 Å². The smallest absolute Gasteiger partial charge is 0.407 e. The van der Waals surface area contributed by atoms with Gasteiger partial charge >= 0.3 is 6.09 Å². The molecule has 5 nitrogen and oxygen atoms in total. The first-order chi connectivity index (χ1) is 9.86. The number of hydrogen-bond acceptors (Lipinski definition) is 3. The number of ether oxygens (including phenoxy) is 1. The Morgan fingerprint density at radius 1 is 1.24 bits per heavy atom. The third kappa shape index (κ3) is 2.92. The summed E-state index contributed by atoms with van der Waals surface area (Å²) >= 11 is 0. The highest BCUT2D eigenvalue weighted by atomic mass is 16.5. The molecule has 1 saturated heterocycles. The molecule has 0 radical (unpaired) electrons. The number of nitrogens with one attached hydrogen (secondary N) is 1. The molecule has 2 aliphatic rings. The molecule has 21 heavy (non-hydrogen) atoms. The van der Waals surface area contributed by atoms with Crippen LogP contribution in [0.3, 0.4) is 0 Å². The third-order valence-corrected chi connectivity index (χ3v) is 4.54. The lowest BCUT2D eigenvalue weighted by Gasteiger charge is -2.38. The number of methoxy groups -OCH3 is 1. The van der Waals surface area contributed by atoms with Gasteiger partial charge in [0.1, 0.15) is 6.04 Å². The second kappa shape index (κ2) is 6.08. The molecule has 2 bridgehead atoms. The quantitative estimate of drug-likeness (QED) is 0.809. The summed E-state index contributed by atoms with van der Waals surface area (Å²) in [6.45, 7) is 8.18. The molecule has 0 aromatic rings. The maximum absolute atomic E-state index is 13.0. The van der Waals surface area contributed by atoms with Crippen molar-refractivity contribution in [3.63, 3.8) is 0 Å². The van der Waals surface area contributed by atoms with Crippen molar-refractivity contribution >= 4 is 12.0 Å². The number of carbonyl (C=O) groups is 2. The van der Waals surface area contributed by atoms with Crippen molar-refractivity contribution in [2.75, 3.05) is 7.11 Å². The molecule has 4 atom stereocenters. The summed E-state index contributed by atoms with van der Waals surface area (Å²) in [5.74, 6) is 0.878. The Kier molecular flexibility index (Phi) is 4.59. The van der Waals surface area contributed by atoms with Gasteiger partial charge in [0.05, 0.1) is 13.2 Å². The zero-order chi connectivity index (χ0) is 15.7. The molecule has 0 aromatic carbocycles. The number of alkyl carbamates (subject to hydrolysis) is 1. The van der Waals surface area contributed by atoms with Crippen molar-refractivity contribution in [2.24, 2.45) is 17.8 Å². The lowest BCUT2D eigenvalue weighted by atomic mass is 9.91. The van der Waals surface area contributed by atoms with Crippen molar-refractivity contribution in [3.05, 3.63) is 12.2 Å². The number of nitrogens with zero attached hydrogens (tertiary/aromatic N) is 1. The van der Waals surface area contributed by atoms with E-state index in [1.807, 2.05) is 18.7 Å². The summed E-state index contributed by atoms with van der Waals surface area (Å²) in [4.78, 5) is 26.5.